The molecule has 0 spiro atoms. The van der Waals surface area contributed by atoms with E-state index in [1.165, 1.54) is 43.2 Å². The largest absolute Gasteiger partial charge is 0.313 e. The van der Waals surface area contributed by atoms with Gasteiger partial charge in [-0.3, -0.25) is 0 Å². The number of nitrogens with one attached hydrogen (secondary N) is 1. The molecule has 1 aromatic rings. The fourth-order valence-corrected chi connectivity index (χ4v) is 3.83. The standard InChI is InChI=1S/C16H23F2NS/c1-2-8-19-11-12-9-14(17)16(15(18)10-12)20-13-6-4-3-5-7-13/h9-10,13,19H,2-8,11H2,1H3. The lowest BCUT2D eigenvalue weighted by atomic mass is 10.0. The third-order valence-electron chi connectivity index (χ3n) is 3.65. The summed E-state index contributed by atoms with van der Waals surface area (Å²) in [5.74, 6) is -0.817. The predicted octanol–water partition coefficient (Wildman–Crippen LogP) is 4.89. The summed E-state index contributed by atoms with van der Waals surface area (Å²) in [5, 5.41) is 3.54. The van der Waals surface area contributed by atoms with Crippen LogP contribution in [0.2, 0.25) is 0 Å². The van der Waals surface area contributed by atoms with Gasteiger partial charge in [-0.2, -0.15) is 0 Å². The molecule has 0 aromatic heterocycles. The molecule has 1 nitrogen and oxygen atoms in total. The molecule has 0 amide bonds. The summed E-state index contributed by atoms with van der Waals surface area (Å²) < 4.78 is 28.2. The van der Waals surface area contributed by atoms with Gasteiger partial charge in [0.2, 0.25) is 0 Å². The van der Waals surface area contributed by atoms with Crippen molar-refractivity contribution in [3.05, 3.63) is 29.3 Å². The van der Waals surface area contributed by atoms with E-state index >= 15 is 0 Å². The number of hydrogen-bond donors (Lipinski definition) is 1. The molecule has 0 unspecified atom stereocenters. The van der Waals surface area contributed by atoms with E-state index in [1.54, 1.807) is 0 Å². The molecule has 1 aliphatic rings. The molecule has 1 saturated carbocycles. The number of halogens is 2. The number of rotatable bonds is 6. The molecule has 112 valence electrons. The van der Waals surface area contributed by atoms with E-state index < -0.39 is 11.6 Å². The summed E-state index contributed by atoms with van der Waals surface area (Å²) in [6.45, 7) is 3.45. The molecular formula is C16H23F2NS. The molecule has 1 N–H and O–H groups in total. The highest BCUT2D eigenvalue weighted by Gasteiger charge is 2.19. The van der Waals surface area contributed by atoms with Crippen LogP contribution in [0, 0.1) is 11.6 Å². The summed E-state index contributed by atoms with van der Waals surface area (Å²) in [4.78, 5) is 0.205. The molecule has 1 aliphatic carbocycles. The third kappa shape index (κ3) is 4.45. The first-order valence-electron chi connectivity index (χ1n) is 7.56. The fraction of sp³-hybridized carbons (Fsp3) is 0.625. The first-order valence-corrected chi connectivity index (χ1v) is 8.44. The van der Waals surface area contributed by atoms with E-state index in [0.717, 1.165) is 25.8 Å². The quantitative estimate of drug-likeness (QED) is 0.751. The molecule has 0 heterocycles. The predicted molar refractivity (Wildman–Crippen MR) is 81.1 cm³/mol. The van der Waals surface area contributed by atoms with Gasteiger partial charge in [-0.25, -0.2) is 8.78 Å². The van der Waals surface area contributed by atoms with Crippen LogP contribution in [0.5, 0.6) is 0 Å². The van der Waals surface area contributed by atoms with E-state index in [1.807, 2.05) is 0 Å². The normalized spacial score (nSPS) is 16.6. The number of thioether (sulfide) groups is 1. The molecule has 0 bridgehead atoms. The Kier molecular flexibility index (Phi) is 6.30. The minimum atomic E-state index is -0.408. The molecule has 1 aromatic carbocycles. The van der Waals surface area contributed by atoms with Crippen LogP contribution in [0.15, 0.2) is 17.0 Å². The van der Waals surface area contributed by atoms with Gasteiger partial charge >= 0.3 is 0 Å². The Hall–Kier alpha value is -0.610. The van der Waals surface area contributed by atoms with Gasteiger partial charge in [0.05, 0.1) is 4.90 Å². The average Bonchev–Trinajstić information content (AvgIpc) is 2.44. The van der Waals surface area contributed by atoms with Crippen molar-refractivity contribution < 1.29 is 8.78 Å². The topological polar surface area (TPSA) is 12.0 Å². The van der Waals surface area contributed by atoms with Crippen LogP contribution in [0.1, 0.15) is 51.0 Å². The molecule has 20 heavy (non-hydrogen) atoms. The summed E-state index contributed by atoms with van der Waals surface area (Å²) in [6.07, 6.45) is 6.77. The van der Waals surface area contributed by atoms with Gasteiger partial charge in [-0.1, -0.05) is 26.2 Å². The van der Waals surface area contributed by atoms with Crippen molar-refractivity contribution in [3.8, 4) is 0 Å². The molecule has 0 radical (unpaired) electrons. The van der Waals surface area contributed by atoms with E-state index in [9.17, 15) is 8.78 Å². The van der Waals surface area contributed by atoms with Crippen LogP contribution in [0.4, 0.5) is 8.78 Å². The summed E-state index contributed by atoms with van der Waals surface area (Å²) in [5.41, 5.74) is 0.682. The van der Waals surface area contributed by atoms with Crippen LogP contribution in [0.3, 0.4) is 0 Å². The molecule has 1 fully saturated rings. The van der Waals surface area contributed by atoms with Crippen LogP contribution in [0.25, 0.3) is 0 Å². The van der Waals surface area contributed by atoms with E-state index in [-0.39, 0.29) is 4.90 Å². The third-order valence-corrected chi connectivity index (χ3v) is 5.08. The Morgan fingerprint density at radius 2 is 1.80 bits per heavy atom. The highest BCUT2D eigenvalue weighted by molar-refractivity contribution is 8.00. The maximum atomic E-state index is 14.1. The Balaban J connectivity index is 2.01. The van der Waals surface area contributed by atoms with Gasteiger partial charge < -0.3 is 5.32 Å². The molecule has 0 atom stereocenters. The summed E-state index contributed by atoms with van der Waals surface area (Å²) in [6, 6.07) is 2.94. The van der Waals surface area contributed by atoms with E-state index in [4.69, 9.17) is 0 Å². The Bertz CT molecular complexity index is 407. The van der Waals surface area contributed by atoms with Gasteiger partial charge in [0, 0.05) is 11.8 Å². The summed E-state index contributed by atoms with van der Waals surface area (Å²) >= 11 is 1.38. The monoisotopic (exact) mass is 299 g/mol. The van der Waals surface area contributed by atoms with Crippen molar-refractivity contribution in [1.82, 2.24) is 5.32 Å². The maximum absolute atomic E-state index is 14.1. The first kappa shape index (κ1) is 15.8. The highest BCUT2D eigenvalue weighted by Crippen LogP contribution is 2.36. The van der Waals surface area contributed by atoms with Crippen LogP contribution >= 0.6 is 11.8 Å². The second-order valence-electron chi connectivity index (χ2n) is 5.44. The van der Waals surface area contributed by atoms with Crippen molar-refractivity contribution in [2.45, 2.75) is 62.1 Å². The Labute approximate surface area is 124 Å². The van der Waals surface area contributed by atoms with Gasteiger partial charge in [0.1, 0.15) is 11.6 Å². The zero-order valence-electron chi connectivity index (χ0n) is 12.1. The molecule has 0 saturated heterocycles. The maximum Gasteiger partial charge on any atom is 0.140 e. The van der Waals surface area contributed by atoms with Crippen LogP contribution in [-0.2, 0) is 6.54 Å². The van der Waals surface area contributed by atoms with Crippen molar-refractivity contribution >= 4 is 11.8 Å². The lowest BCUT2D eigenvalue weighted by Gasteiger charge is -2.21. The lowest BCUT2D eigenvalue weighted by molar-refractivity contribution is 0.508. The van der Waals surface area contributed by atoms with Gasteiger partial charge in [0.25, 0.3) is 0 Å². The van der Waals surface area contributed by atoms with Gasteiger partial charge in [-0.15, -0.1) is 11.8 Å². The Morgan fingerprint density at radius 1 is 1.15 bits per heavy atom. The molecule has 2 rings (SSSR count). The molecular weight excluding hydrogens is 276 g/mol. The van der Waals surface area contributed by atoms with Crippen molar-refractivity contribution in [1.29, 1.82) is 0 Å². The van der Waals surface area contributed by atoms with Crippen molar-refractivity contribution in [2.24, 2.45) is 0 Å². The van der Waals surface area contributed by atoms with Crippen LogP contribution in [-0.4, -0.2) is 11.8 Å². The van der Waals surface area contributed by atoms with Gasteiger partial charge in [0.15, 0.2) is 0 Å². The highest BCUT2D eigenvalue weighted by atomic mass is 32.2. The van der Waals surface area contributed by atoms with E-state index in [0.29, 0.717) is 17.4 Å². The first-order chi connectivity index (χ1) is 9.70. The minimum absolute atomic E-state index is 0.205. The summed E-state index contributed by atoms with van der Waals surface area (Å²) in [7, 11) is 0. The number of benzene rings is 1. The lowest BCUT2D eigenvalue weighted by Crippen LogP contribution is -2.14. The second-order valence-corrected chi connectivity index (χ2v) is 6.75. The van der Waals surface area contributed by atoms with Crippen molar-refractivity contribution in [2.75, 3.05) is 6.54 Å². The van der Waals surface area contributed by atoms with Crippen molar-refractivity contribution in [3.63, 3.8) is 0 Å². The fourth-order valence-electron chi connectivity index (χ4n) is 2.59. The molecule has 4 heteroatoms. The zero-order chi connectivity index (χ0) is 14.4. The van der Waals surface area contributed by atoms with Crippen LogP contribution < -0.4 is 5.32 Å². The van der Waals surface area contributed by atoms with E-state index in [2.05, 4.69) is 12.2 Å². The Morgan fingerprint density at radius 3 is 2.40 bits per heavy atom. The number of hydrogen-bond acceptors (Lipinski definition) is 2. The smallest absolute Gasteiger partial charge is 0.140 e. The molecule has 0 aliphatic heterocycles. The minimum Gasteiger partial charge on any atom is -0.313 e. The zero-order valence-corrected chi connectivity index (χ0v) is 12.9. The second kappa shape index (κ2) is 7.99. The average molecular weight is 299 g/mol. The van der Waals surface area contributed by atoms with Gasteiger partial charge in [-0.05, 0) is 43.5 Å². The SMILES string of the molecule is CCCNCc1cc(F)c(SC2CCCCC2)c(F)c1.